The Bertz CT molecular complexity index is 1350. The Morgan fingerprint density at radius 3 is 2.38 bits per heavy atom. The summed E-state index contributed by atoms with van der Waals surface area (Å²) in [5.41, 5.74) is 5.92. The van der Waals surface area contributed by atoms with Gasteiger partial charge in [-0.15, -0.1) is 0 Å². The highest BCUT2D eigenvalue weighted by Crippen LogP contribution is 2.36. The molecule has 8 nitrogen and oxygen atoms in total. The van der Waals surface area contributed by atoms with Crippen molar-refractivity contribution in [2.75, 3.05) is 26.9 Å². The molecule has 1 aliphatic heterocycles. The number of carbonyl (C=O) groups excluding carboxylic acids is 1. The number of sulfone groups is 1. The van der Waals surface area contributed by atoms with E-state index in [0.29, 0.717) is 18.8 Å². The number of amides is 1. The van der Waals surface area contributed by atoms with Gasteiger partial charge in [0.25, 0.3) is 5.91 Å². The number of nitrogens with one attached hydrogen (secondary N) is 1. The van der Waals surface area contributed by atoms with Gasteiger partial charge in [0.15, 0.2) is 14.6 Å². The molecule has 1 amide bonds. The van der Waals surface area contributed by atoms with E-state index in [1.54, 1.807) is 19.2 Å². The molecule has 1 fully saturated rings. The van der Waals surface area contributed by atoms with E-state index < -0.39 is 20.5 Å². The fourth-order valence-electron chi connectivity index (χ4n) is 4.61. The van der Waals surface area contributed by atoms with Crippen molar-refractivity contribution in [2.24, 2.45) is 0 Å². The van der Waals surface area contributed by atoms with Crippen molar-refractivity contribution in [1.29, 1.82) is 0 Å². The van der Waals surface area contributed by atoms with Crippen LogP contribution < -0.4 is 15.0 Å². The highest BCUT2D eigenvalue weighted by Gasteiger charge is 2.52. The smallest absolute Gasteiger partial charge is 0.265 e. The minimum Gasteiger partial charge on any atom is -0.496 e. The number of benzene rings is 3. The van der Waals surface area contributed by atoms with Crippen LogP contribution in [0.1, 0.15) is 24.0 Å². The molecule has 0 bridgehead atoms. The predicted molar refractivity (Wildman–Crippen MR) is 139 cm³/mol. The molecule has 0 saturated carbocycles. The zero-order valence-electron chi connectivity index (χ0n) is 20.9. The van der Waals surface area contributed by atoms with E-state index in [-0.39, 0.29) is 31.0 Å². The van der Waals surface area contributed by atoms with Gasteiger partial charge in [0.1, 0.15) is 11.5 Å². The molecular formula is C28H31NO7S. The standard InChI is InChI=1S/C28H31NO7S/c1-20-18-23(6-11-26(20)34-2)22-5-3-4-21(19-22)12-15-36-24-7-9-25(10-8-24)37(32,33)28(27(30)29-31)13-16-35-17-14-28/h3-11,18-19,31H,12-17H2,1-2H3,(H,29,30). The number of carbonyl (C=O) groups is 1. The van der Waals surface area contributed by atoms with Gasteiger partial charge in [-0.05, 0) is 78.4 Å². The van der Waals surface area contributed by atoms with Crippen molar-refractivity contribution >= 4 is 15.7 Å². The molecule has 0 aliphatic carbocycles. The molecule has 196 valence electrons. The van der Waals surface area contributed by atoms with Gasteiger partial charge in [0.05, 0.1) is 18.6 Å². The Morgan fingerprint density at radius 1 is 1.03 bits per heavy atom. The first-order valence-corrected chi connectivity index (χ1v) is 13.5. The summed E-state index contributed by atoms with van der Waals surface area (Å²) >= 11 is 0. The van der Waals surface area contributed by atoms with Crippen LogP contribution in [0.5, 0.6) is 11.5 Å². The largest absolute Gasteiger partial charge is 0.496 e. The van der Waals surface area contributed by atoms with Crippen LogP contribution in [0.3, 0.4) is 0 Å². The second-order valence-electron chi connectivity index (χ2n) is 9.01. The van der Waals surface area contributed by atoms with Gasteiger partial charge in [-0.1, -0.05) is 30.3 Å². The third-order valence-electron chi connectivity index (χ3n) is 6.78. The number of methoxy groups -OCH3 is 1. The summed E-state index contributed by atoms with van der Waals surface area (Å²) in [6, 6.07) is 20.3. The number of rotatable bonds is 9. The third kappa shape index (κ3) is 5.49. The Morgan fingerprint density at radius 2 is 1.73 bits per heavy atom. The molecule has 1 aliphatic rings. The Kier molecular flexibility index (Phi) is 8.16. The third-order valence-corrected chi connectivity index (χ3v) is 9.29. The first kappa shape index (κ1) is 26.7. The molecule has 4 rings (SSSR count). The molecule has 2 N–H and O–H groups in total. The molecule has 9 heteroatoms. The van der Waals surface area contributed by atoms with Crippen molar-refractivity contribution in [1.82, 2.24) is 5.48 Å². The van der Waals surface area contributed by atoms with Crippen LogP contribution >= 0.6 is 0 Å². The quantitative estimate of drug-likeness (QED) is 0.319. The van der Waals surface area contributed by atoms with Crippen molar-refractivity contribution in [3.63, 3.8) is 0 Å². The highest BCUT2D eigenvalue weighted by molar-refractivity contribution is 7.93. The van der Waals surface area contributed by atoms with Crippen molar-refractivity contribution in [3.8, 4) is 22.6 Å². The minimum atomic E-state index is -4.07. The molecule has 3 aromatic carbocycles. The lowest BCUT2D eigenvalue weighted by atomic mass is 9.98. The van der Waals surface area contributed by atoms with Crippen LogP contribution in [-0.4, -0.2) is 51.2 Å². The van der Waals surface area contributed by atoms with E-state index in [4.69, 9.17) is 14.2 Å². The van der Waals surface area contributed by atoms with Gasteiger partial charge < -0.3 is 14.2 Å². The van der Waals surface area contributed by atoms with Crippen molar-refractivity contribution < 1.29 is 32.6 Å². The summed E-state index contributed by atoms with van der Waals surface area (Å²) in [7, 11) is -2.41. The Labute approximate surface area is 217 Å². The first-order valence-electron chi connectivity index (χ1n) is 12.0. The van der Waals surface area contributed by atoms with Crippen molar-refractivity contribution in [3.05, 3.63) is 77.9 Å². The Balaban J connectivity index is 1.41. The van der Waals surface area contributed by atoms with Crippen LogP contribution in [0.15, 0.2) is 71.6 Å². The SMILES string of the molecule is COc1ccc(-c2cccc(CCOc3ccc(S(=O)(=O)C4(C(=O)NO)CCOCC4)cc3)c2)cc1C. The van der Waals surface area contributed by atoms with E-state index in [9.17, 15) is 18.4 Å². The van der Waals surface area contributed by atoms with E-state index in [1.807, 2.05) is 31.2 Å². The molecule has 0 unspecified atom stereocenters. The van der Waals surface area contributed by atoms with Gasteiger partial charge in [0.2, 0.25) is 0 Å². The molecule has 0 aromatic heterocycles. The summed E-state index contributed by atoms with van der Waals surface area (Å²) in [5, 5.41) is 9.18. The first-order chi connectivity index (χ1) is 17.8. The van der Waals surface area contributed by atoms with Gasteiger partial charge >= 0.3 is 0 Å². The topological polar surface area (TPSA) is 111 Å². The Hall–Kier alpha value is -3.40. The highest BCUT2D eigenvalue weighted by atomic mass is 32.2. The van der Waals surface area contributed by atoms with Crippen LogP contribution in [-0.2, 0) is 25.8 Å². The second kappa shape index (κ2) is 11.3. The predicted octanol–water partition coefficient (Wildman–Crippen LogP) is 4.12. The fourth-order valence-corrected chi connectivity index (χ4v) is 6.55. The minimum absolute atomic E-state index is 0.00663. The number of hydrogen-bond acceptors (Lipinski definition) is 7. The summed E-state index contributed by atoms with van der Waals surface area (Å²) in [5.74, 6) is 0.434. The lowest BCUT2D eigenvalue weighted by Gasteiger charge is -2.34. The molecule has 37 heavy (non-hydrogen) atoms. The molecule has 1 saturated heterocycles. The molecule has 3 aromatic rings. The second-order valence-corrected chi connectivity index (χ2v) is 11.3. The average molecular weight is 526 g/mol. The lowest BCUT2D eigenvalue weighted by molar-refractivity contribution is -0.134. The zero-order valence-corrected chi connectivity index (χ0v) is 21.7. The molecule has 0 atom stereocenters. The maximum absolute atomic E-state index is 13.4. The number of hydroxylamine groups is 1. The van der Waals surface area contributed by atoms with Crippen molar-refractivity contribution in [2.45, 2.75) is 35.8 Å². The monoisotopic (exact) mass is 525 g/mol. The summed E-state index contributed by atoms with van der Waals surface area (Å²) in [4.78, 5) is 12.4. The number of aryl methyl sites for hydroxylation is 1. The molecule has 0 radical (unpaired) electrons. The lowest BCUT2D eigenvalue weighted by Crippen LogP contribution is -2.54. The normalized spacial score (nSPS) is 15.1. The van der Waals surface area contributed by atoms with Gasteiger partial charge in [0, 0.05) is 19.6 Å². The summed E-state index contributed by atoms with van der Waals surface area (Å²) in [6.45, 7) is 2.66. The maximum Gasteiger partial charge on any atom is 0.265 e. The van der Waals surface area contributed by atoms with Crippen LogP contribution in [0, 0.1) is 6.92 Å². The maximum atomic E-state index is 13.4. The molecular weight excluding hydrogens is 494 g/mol. The van der Waals surface area contributed by atoms with Gasteiger partial charge in [-0.3, -0.25) is 10.0 Å². The van der Waals surface area contributed by atoms with E-state index in [1.165, 1.54) is 17.6 Å². The van der Waals surface area contributed by atoms with Gasteiger partial charge in [-0.2, -0.15) is 0 Å². The average Bonchev–Trinajstić information content (AvgIpc) is 2.93. The molecule has 1 heterocycles. The van der Waals surface area contributed by atoms with E-state index >= 15 is 0 Å². The van der Waals surface area contributed by atoms with Crippen LogP contribution in [0.25, 0.3) is 11.1 Å². The summed E-state index contributed by atoms with van der Waals surface area (Å²) in [6.07, 6.45) is 0.604. The fraction of sp³-hybridized carbons (Fsp3) is 0.321. The van der Waals surface area contributed by atoms with E-state index in [2.05, 4.69) is 18.2 Å². The van der Waals surface area contributed by atoms with E-state index in [0.717, 1.165) is 28.0 Å². The van der Waals surface area contributed by atoms with Crippen LogP contribution in [0.2, 0.25) is 0 Å². The zero-order chi connectivity index (χ0) is 26.5. The summed E-state index contributed by atoms with van der Waals surface area (Å²) < 4.78 is 41.4. The van der Waals surface area contributed by atoms with Gasteiger partial charge in [-0.25, -0.2) is 13.9 Å². The number of ether oxygens (including phenoxy) is 3. The van der Waals surface area contributed by atoms with Crippen LogP contribution in [0.4, 0.5) is 0 Å². The number of hydrogen-bond donors (Lipinski definition) is 2. The molecule has 0 spiro atoms.